The van der Waals surface area contributed by atoms with Crippen LogP contribution in [0.1, 0.15) is 31.1 Å². The van der Waals surface area contributed by atoms with Gasteiger partial charge in [0.1, 0.15) is 5.75 Å². The third-order valence-corrected chi connectivity index (χ3v) is 2.93. The van der Waals surface area contributed by atoms with Crippen molar-refractivity contribution in [1.82, 2.24) is 0 Å². The summed E-state index contributed by atoms with van der Waals surface area (Å²) in [5.74, 6) is 0.347. The summed E-state index contributed by atoms with van der Waals surface area (Å²) in [6.07, 6.45) is 0.0891. The fraction of sp³-hybridized carbons (Fsp3) is 0.222. The summed E-state index contributed by atoms with van der Waals surface area (Å²) in [5, 5.41) is 5.48. The molecule has 5 nitrogen and oxygen atoms in total. The normalized spacial score (nSPS) is 10.3. The molecule has 0 aliphatic carbocycles. The van der Waals surface area contributed by atoms with Crippen LogP contribution in [0.4, 0.5) is 11.4 Å². The summed E-state index contributed by atoms with van der Waals surface area (Å²) in [6, 6.07) is 13.9. The molecule has 5 heteroatoms. The standard InChI is InChI=1S/C18H20N2O3/c1-12(2)23-17-9-7-14(8-10-17)18(22)20-16-6-4-5-15(11-16)19-13(3)21/h4-12H,1-3H3,(H,19,21)(H,20,22). The number of rotatable bonds is 5. The van der Waals surface area contributed by atoms with Gasteiger partial charge in [-0.1, -0.05) is 6.07 Å². The number of ether oxygens (including phenoxy) is 1. The number of carbonyl (C=O) groups is 2. The first-order valence-corrected chi connectivity index (χ1v) is 7.40. The zero-order valence-electron chi connectivity index (χ0n) is 13.4. The van der Waals surface area contributed by atoms with Crippen molar-refractivity contribution in [2.45, 2.75) is 26.9 Å². The molecule has 2 amide bonds. The number of anilines is 2. The van der Waals surface area contributed by atoms with Gasteiger partial charge in [-0.15, -0.1) is 0 Å². The molecule has 0 spiro atoms. The zero-order valence-corrected chi connectivity index (χ0v) is 13.4. The Morgan fingerprint density at radius 2 is 1.57 bits per heavy atom. The van der Waals surface area contributed by atoms with Gasteiger partial charge in [-0.3, -0.25) is 9.59 Å². The number of nitrogens with one attached hydrogen (secondary N) is 2. The molecule has 0 atom stereocenters. The zero-order chi connectivity index (χ0) is 16.8. The molecule has 120 valence electrons. The third kappa shape index (κ3) is 5.14. The van der Waals surface area contributed by atoms with Crippen molar-refractivity contribution in [1.29, 1.82) is 0 Å². The number of carbonyl (C=O) groups excluding carboxylic acids is 2. The second kappa shape index (κ2) is 7.45. The maximum atomic E-state index is 12.2. The minimum absolute atomic E-state index is 0.0891. The van der Waals surface area contributed by atoms with Crippen LogP contribution in [0.15, 0.2) is 48.5 Å². The first kappa shape index (κ1) is 16.5. The quantitative estimate of drug-likeness (QED) is 0.885. The van der Waals surface area contributed by atoms with Crippen LogP contribution in [0.5, 0.6) is 5.75 Å². The molecule has 0 aliphatic rings. The molecule has 2 rings (SSSR count). The molecule has 0 saturated heterocycles. The molecule has 0 heterocycles. The van der Waals surface area contributed by atoms with Gasteiger partial charge in [-0.25, -0.2) is 0 Å². The first-order valence-electron chi connectivity index (χ1n) is 7.40. The van der Waals surface area contributed by atoms with E-state index in [1.807, 2.05) is 13.8 Å². The lowest BCUT2D eigenvalue weighted by atomic mass is 10.2. The van der Waals surface area contributed by atoms with Gasteiger partial charge in [0.25, 0.3) is 5.91 Å². The Morgan fingerprint density at radius 1 is 0.957 bits per heavy atom. The van der Waals surface area contributed by atoms with E-state index in [9.17, 15) is 9.59 Å². The minimum Gasteiger partial charge on any atom is -0.491 e. The fourth-order valence-corrected chi connectivity index (χ4v) is 2.04. The molecule has 0 saturated carbocycles. The molecule has 2 aromatic rings. The van der Waals surface area contributed by atoms with Gasteiger partial charge >= 0.3 is 0 Å². The third-order valence-electron chi connectivity index (χ3n) is 2.93. The average molecular weight is 312 g/mol. The largest absolute Gasteiger partial charge is 0.491 e. The van der Waals surface area contributed by atoms with Gasteiger partial charge < -0.3 is 15.4 Å². The smallest absolute Gasteiger partial charge is 0.255 e. The van der Waals surface area contributed by atoms with Gasteiger partial charge in [0.15, 0.2) is 0 Å². The first-order chi connectivity index (χ1) is 10.9. The number of benzene rings is 2. The molecule has 0 radical (unpaired) electrons. The predicted molar refractivity (Wildman–Crippen MR) is 90.9 cm³/mol. The van der Waals surface area contributed by atoms with Gasteiger partial charge in [-0.2, -0.15) is 0 Å². The molecule has 23 heavy (non-hydrogen) atoms. The summed E-state index contributed by atoms with van der Waals surface area (Å²) in [6.45, 7) is 5.33. The van der Waals surface area contributed by atoms with E-state index in [4.69, 9.17) is 4.74 Å². The van der Waals surface area contributed by atoms with E-state index < -0.39 is 0 Å². The Balaban J connectivity index is 2.05. The molecule has 2 N–H and O–H groups in total. The summed E-state index contributed by atoms with van der Waals surface area (Å²) >= 11 is 0. The molecular formula is C18H20N2O3. The maximum Gasteiger partial charge on any atom is 0.255 e. The molecular weight excluding hydrogens is 292 g/mol. The van der Waals surface area contributed by atoms with E-state index in [2.05, 4.69) is 10.6 Å². The van der Waals surface area contributed by atoms with Gasteiger partial charge in [0.2, 0.25) is 5.91 Å². The SMILES string of the molecule is CC(=O)Nc1cccc(NC(=O)c2ccc(OC(C)C)cc2)c1. The van der Waals surface area contributed by atoms with Crippen molar-refractivity contribution < 1.29 is 14.3 Å². The van der Waals surface area contributed by atoms with E-state index in [0.717, 1.165) is 5.75 Å². The summed E-state index contributed by atoms with van der Waals surface area (Å²) < 4.78 is 5.55. The van der Waals surface area contributed by atoms with E-state index in [-0.39, 0.29) is 17.9 Å². The van der Waals surface area contributed by atoms with Crippen molar-refractivity contribution in [3.63, 3.8) is 0 Å². The lowest BCUT2D eigenvalue weighted by molar-refractivity contribution is -0.114. The number of hydrogen-bond donors (Lipinski definition) is 2. The Hall–Kier alpha value is -2.82. The Bertz CT molecular complexity index is 694. The minimum atomic E-state index is -0.221. The van der Waals surface area contributed by atoms with Crippen LogP contribution >= 0.6 is 0 Å². The molecule has 0 aromatic heterocycles. The summed E-state index contributed by atoms with van der Waals surface area (Å²) in [5.41, 5.74) is 1.78. The second-order valence-electron chi connectivity index (χ2n) is 5.41. The molecule has 0 aliphatic heterocycles. The van der Waals surface area contributed by atoms with Gasteiger partial charge in [0.05, 0.1) is 6.10 Å². The monoisotopic (exact) mass is 312 g/mol. The van der Waals surface area contributed by atoms with E-state index in [1.165, 1.54) is 6.92 Å². The highest BCUT2D eigenvalue weighted by Crippen LogP contribution is 2.18. The van der Waals surface area contributed by atoms with Crippen molar-refractivity contribution in [3.8, 4) is 5.75 Å². The topological polar surface area (TPSA) is 67.4 Å². The highest BCUT2D eigenvalue weighted by Gasteiger charge is 2.07. The van der Waals surface area contributed by atoms with Crippen LogP contribution < -0.4 is 15.4 Å². The van der Waals surface area contributed by atoms with Gasteiger partial charge in [0, 0.05) is 23.9 Å². The summed E-state index contributed by atoms with van der Waals surface area (Å²) in [7, 11) is 0. The van der Waals surface area contributed by atoms with Crippen molar-refractivity contribution in [2.75, 3.05) is 10.6 Å². The van der Waals surface area contributed by atoms with E-state index in [0.29, 0.717) is 16.9 Å². The predicted octanol–water partition coefficient (Wildman–Crippen LogP) is 3.68. The molecule has 2 aromatic carbocycles. The molecule has 0 bridgehead atoms. The van der Waals surface area contributed by atoms with Gasteiger partial charge in [-0.05, 0) is 56.3 Å². The lowest BCUT2D eigenvalue weighted by Crippen LogP contribution is -2.13. The highest BCUT2D eigenvalue weighted by molar-refractivity contribution is 6.04. The second-order valence-corrected chi connectivity index (χ2v) is 5.41. The van der Waals surface area contributed by atoms with Crippen LogP contribution in [-0.2, 0) is 4.79 Å². The Morgan fingerprint density at radius 3 is 2.13 bits per heavy atom. The van der Waals surface area contributed by atoms with Crippen molar-refractivity contribution in [3.05, 3.63) is 54.1 Å². The number of hydrogen-bond acceptors (Lipinski definition) is 3. The lowest BCUT2D eigenvalue weighted by Gasteiger charge is -2.11. The Labute approximate surface area is 135 Å². The Kier molecular flexibility index (Phi) is 5.36. The van der Waals surface area contributed by atoms with E-state index in [1.54, 1.807) is 48.5 Å². The summed E-state index contributed by atoms with van der Waals surface area (Å²) in [4.78, 5) is 23.3. The van der Waals surface area contributed by atoms with Crippen molar-refractivity contribution >= 4 is 23.2 Å². The van der Waals surface area contributed by atoms with E-state index >= 15 is 0 Å². The van der Waals surface area contributed by atoms with Crippen LogP contribution in [0.3, 0.4) is 0 Å². The molecule has 0 fully saturated rings. The van der Waals surface area contributed by atoms with Crippen LogP contribution in [0.2, 0.25) is 0 Å². The van der Waals surface area contributed by atoms with Crippen molar-refractivity contribution in [2.24, 2.45) is 0 Å². The number of amides is 2. The highest BCUT2D eigenvalue weighted by atomic mass is 16.5. The molecule has 0 unspecified atom stereocenters. The van der Waals surface area contributed by atoms with Crippen LogP contribution in [0, 0.1) is 0 Å². The average Bonchev–Trinajstić information content (AvgIpc) is 2.47. The fourth-order valence-electron chi connectivity index (χ4n) is 2.04. The maximum absolute atomic E-state index is 12.2. The van der Waals surface area contributed by atoms with Crippen LogP contribution in [-0.4, -0.2) is 17.9 Å². The van der Waals surface area contributed by atoms with Crippen LogP contribution in [0.25, 0.3) is 0 Å².